The summed E-state index contributed by atoms with van der Waals surface area (Å²) in [5.41, 5.74) is 0.817. The molecule has 0 radical (unpaired) electrons. The van der Waals surface area contributed by atoms with Gasteiger partial charge in [-0.15, -0.1) is 0 Å². The largest absolute Gasteiger partial charge is 0.378 e. The predicted octanol–water partition coefficient (Wildman–Crippen LogP) is 3.16. The smallest absolute Gasteiger partial charge is 0.123 e. The summed E-state index contributed by atoms with van der Waals surface area (Å²) in [4.78, 5) is 0. The first-order valence-corrected chi connectivity index (χ1v) is 6.23. The first-order valence-electron chi connectivity index (χ1n) is 5.85. The standard InChI is InChI=1S/C13H17ClFNO/c1-8-5-9(7-17-8)13(16-2)11-6-10(15)3-4-12(11)14/h3-4,6,8-9,13,16H,5,7H2,1-2H3. The van der Waals surface area contributed by atoms with Crippen molar-refractivity contribution in [2.24, 2.45) is 5.92 Å². The van der Waals surface area contributed by atoms with Crippen LogP contribution in [0.15, 0.2) is 18.2 Å². The summed E-state index contributed by atoms with van der Waals surface area (Å²) in [6, 6.07) is 4.54. The number of nitrogens with one attached hydrogen (secondary N) is 1. The number of hydrogen-bond acceptors (Lipinski definition) is 2. The van der Waals surface area contributed by atoms with E-state index in [-0.39, 0.29) is 18.0 Å². The van der Waals surface area contributed by atoms with E-state index in [4.69, 9.17) is 16.3 Å². The summed E-state index contributed by atoms with van der Waals surface area (Å²) in [6.45, 7) is 2.75. The molecule has 1 saturated heterocycles. The summed E-state index contributed by atoms with van der Waals surface area (Å²) in [6.07, 6.45) is 1.24. The van der Waals surface area contributed by atoms with Crippen molar-refractivity contribution < 1.29 is 9.13 Å². The average molecular weight is 258 g/mol. The molecule has 2 rings (SSSR count). The zero-order valence-electron chi connectivity index (χ0n) is 10.0. The molecule has 1 aliphatic heterocycles. The second kappa shape index (κ2) is 5.34. The highest BCUT2D eigenvalue weighted by Crippen LogP contribution is 2.34. The molecule has 1 N–H and O–H groups in total. The molecule has 4 heteroatoms. The van der Waals surface area contributed by atoms with Gasteiger partial charge in [0.05, 0.1) is 12.7 Å². The van der Waals surface area contributed by atoms with Crippen molar-refractivity contribution in [1.29, 1.82) is 0 Å². The highest BCUT2D eigenvalue weighted by Gasteiger charge is 2.30. The van der Waals surface area contributed by atoms with Crippen LogP contribution in [0.2, 0.25) is 5.02 Å². The third kappa shape index (κ3) is 2.79. The van der Waals surface area contributed by atoms with Crippen LogP contribution in [0.25, 0.3) is 0 Å². The summed E-state index contributed by atoms with van der Waals surface area (Å²) >= 11 is 6.14. The van der Waals surface area contributed by atoms with E-state index < -0.39 is 0 Å². The Balaban J connectivity index is 2.25. The molecule has 17 heavy (non-hydrogen) atoms. The lowest BCUT2D eigenvalue weighted by Crippen LogP contribution is -2.26. The fourth-order valence-electron chi connectivity index (χ4n) is 2.48. The Kier molecular flexibility index (Phi) is 4.02. The molecule has 1 heterocycles. The summed E-state index contributed by atoms with van der Waals surface area (Å²) in [5.74, 6) is 0.0888. The first-order chi connectivity index (χ1) is 8.11. The van der Waals surface area contributed by atoms with Crippen LogP contribution in [-0.4, -0.2) is 19.8 Å². The van der Waals surface area contributed by atoms with Crippen LogP contribution in [0, 0.1) is 11.7 Å². The topological polar surface area (TPSA) is 21.3 Å². The van der Waals surface area contributed by atoms with Crippen LogP contribution in [0.3, 0.4) is 0 Å². The summed E-state index contributed by atoms with van der Waals surface area (Å²) < 4.78 is 18.9. The van der Waals surface area contributed by atoms with Gasteiger partial charge in [-0.05, 0) is 44.2 Å². The van der Waals surface area contributed by atoms with Gasteiger partial charge in [0.1, 0.15) is 5.82 Å². The van der Waals surface area contributed by atoms with Crippen molar-refractivity contribution >= 4 is 11.6 Å². The molecule has 2 nitrogen and oxygen atoms in total. The van der Waals surface area contributed by atoms with Gasteiger partial charge in [-0.2, -0.15) is 0 Å². The Morgan fingerprint density at radius 2 is 2.29 bits per heavy atom. The quantitative estimate of drug-likeness (QED) is 0.898. The fourth-order valence-corrected chi connectivity index (χ4v) is 2.72. The molecular formula is C13H17ClFNO. The van der Waals surface area contributed by atoms with E-state index in [0.29, 0.717) is 17.5 Å². The Bertz CT molecular complexity index is 399. The Morgan fingerprint density at radius 1 is 1.53 bits per heavy atom. The number of ether oxygens (including phenoxy) is 1. The molecule has 0 aromatic heterocycles. The lowest BCUT2D eigenvalue weighted by atomic mass is 9.91. The van der Waals surface area contributed by atoms with Crippen LogP contribution in [0.5, 0.6) is 0 Å². The molecule has 3 unspecified atom stereocenters. The Hall–Kier alpha value is -0.640. The van der Waals surface area contributed by atoms with Crippen molar-refractivity contribution in [3.05, 3.63) is 34.6 Å². The molecule has 1 aromatic rings. The van der Waals surface area contributed by atoms with Gasteiger partial charge in [-0.3, -0.25) is 0 Å². The van der Waals surface area contributed by atoms with Crippen LogP contribution in [0.4, 0.5) is 4.39 Å². The van der Waals surface area contributed by atoms with Gasteiger partial charge < -0.3 is 10.1 Å². The lowest BCUT2D eigenvalue weighted by molar-refractivity contribution is 0.117. The second-order valence-electron chi connectivity index (χ2n) is 4.57. The highest BCUT2D eigenvalue weighted by atomic mass is 35.5. The maximum absolute atomic E-state index is 13.3. The van der Waals surface area contributed by atoms with Gasteiger partial charge in [-0.1, -0.05) is 11.6 Å². The Morgan fingerprint density at radius 3 is 2.88 bits per heavy atom. The molecule has 0 amide bonds. The zero-order valence-corrected chi connectivity index (χ0v) is 10.8. The van der Waals surface area contributed by atoms with E-state index in [2.05, 4.69) is 12.2 Å². The fraction of sp³-hybridized carbons (Fsp3) is 0.538. The lowest BCUT2D eigenvalue weighted by Gasteiger charge is -2.23. The molecule has 0 saturated carbocycles. The van der Waals surface area contributed by atoms with E-state index in [1.54, 1.807) is 6.07 Å². The summed E-state index contributed by atoms with van der Waals surface area (Å²) in [5, 5.41) is 3.82. The number of hydrogen-bond donors (Lipinski definition) is 1. The van der Waals surface area contributed by atoms with Crippen molar-refractivity contribution in [2.75, 3.05) is 13.7 Å². The molecule has 1 fully saturated rings. The van der Waals surface area contributed by atoms with Crippen molar-refractivity contribution in [3.8, 4) is 0 Å². The van der Waals surface area contributed by atoms with Crippen LogP contribution >= 0.6 is 11.6 Å². The number of rotatable bonds is 3. The van der Waals surface area contributed by atoms with E-state index >= 15 is 0 Å². The van der Waals surface area contributed by atoms with Gasteiger partial charge in [0.15, 0.2) is 0 Å². The van der Waals surface area contributed by atoms with Gasteiger partial charge in [0.25, 0.3) is 0 Å². The SMILES string of the molecule is CNC(c1cc(F)ccc1Cl)C1COC(C)C1. The minimum atomic E-state index is -0.253. The van der Waals surface area contributed by atoms with Crippen molar-refractivity contribution in [3.63, 3.8) is 0 Å². The predicted molar refractivity (Wildman–Crippen MR) is 66.7 cm³/mol. The van der Waals surface area contributed by atoms with Gasteiger partial charge in [0.2, 0.25) is 0 Å². The monoisotopic (exact) mass is 257 g/mol. The van der Waals surface area contributed by atoms with Crippen LogP contribution < -0.4 is 5.32 Å². The van der Waals surface area contributed by atoms with Crippen LogP contribution in [-0.2, 0) is 4.74 Å². The van der Waals surface area contributed by atoms with Gasteiger partial charge >= 0.3 is 0 Å². The molecule has 0 aliphatic carbocycles. The second-order valence-corrected chi connectivity index (χ2v) is 4.98. The highest BCUT2D eigenvalue weighted by molar-refractivity contribution is 6.31. The van der Waals surface area contributed by atoms with Crippen LogP contribution in [0.1, 0.15) is 24.9 Å². The maximum Gasteiger partial charge on any atom is 0.123 e. The number of benzene rings is 1. The minimum absolute atomic E-state index is 0.0446. The molecular weight excluding hydrogens is 241 g/mol. The molecule has 1 aromatic carbocycles. The minimum Gasteiger partial charge on any atom is -0.378 e. The molecule has 3 atom stereocenters. The Labute approximate surface area is 106 Å². The molecule has 0 spiro atoms. The molecule has 94 valence electrons. The van der Waals surface area contributed by atoms with Crippen molar-refractivity contribution in [1.82, 2.24) is 5.32 Å². The van der Waals surface area contributed by atoms with E-state index in [1.807, 2.05) is 7.05 Å². The van der Waals surface area contributed by atoms with Gasteiger partial charge in [-0.25, -0.2) is 4.39 Å². The average Bonchev–Trinajstić information content (AvgIpc) is 2.71. The van der Waals surface area contributed by atoms with Gasteiger partial charge in [0, 0.05) is 17.0 Å². The first kappa shape index (κ1) is 12.8. The summed E-state index contributed by atoms with van der Waals surface area (Å²) in [7, 11) is 1.87. The molecule has 0 bridgehead atoms. The molecule has 1 aliphatic rings. The van der Waals surface area contributed by atoms with Crippen molar-refractivity contribution in [2.45, 2.75) is 25.5 Å². The third-order valence-electron chi connectivity index (χ3n) is 3.31. The van der Waals surface area contributed by atoms with E-state index in [1.165, 1.54) is 12.1 Å². The zero-order chi connectivity index (χ0) is 12.4. The number of halogens is 2. The third-order valence-corrected chi connectivity index (χ3v) is 3.65. The normalized spacial score (nSPS) is 26.1. The van der Waals surface area contributed by atoms with E-state index in [0.717, 1.165) is 12.0 Å². The maximum atomic E-state index is 13.3. The van der Waals surface area contributed by atoms with E-state index in [9.17, 15) is 4.39 Å².